The number of aryl methyl sites for hydroxylation is 2. The van der Waals surface area contributed by atoms with E-state index in [4.69, 9.17) is 5.73 Å². The van der Waals surface area contributed by atoms with Crippen LogP contribution in [0.3, 0.4) is 0 Å². The summed E-state index contributed by atoms with van der Waals surface area (Å²) in [6.07, 6.45) is 0.816. The molecule has 3 N–H and O–H groups in total. The quantitative estimate of drug-likeness (QED) is 0.731. The van der Waals surface area contributed by atoms with Gasteiger partial charge in [0.2, 0.25) is 0 Å². The van der Waals surface area contributed by atoms with Crippen LogP contribution in [0.4, 0.5) is 0 Å². The molecular weight excluding hydrogens is 188 g/mol. The number of nitrogens with one attached hydrogen (secondary N) is 1. The summed E-state index contributed by atoms with van der Waals surface area (Å²) in [6.45, 7) is 5.28. The minimum absolute atomic E-state index is 0.0217. The van der Waals surface area contributed by atoms with Crippen LogP contribution in [-0.2, 0) is 0 Å². The second-order valence-electron chi connectivity index (χ2n) is 3.70. The van der Waals surface area contributed by atoms with Gasteiger partial charge in [0.25, 0.3) is 5.91 Å². The summed E-state index contributed by atoms with van der Waals surface area (Å²) >= 11 is 0. The highest BCUT2D eigenvalue weighted by Crippen LogP contribution is 2.09. The molecule has 3 heteroatoms. The van der Waals surface area contributed by atoms with Crippen LogP contribution in [0.5, 0.6) is 0 Å². The zero-order valence-corrected chi connectivity index (χ0v) is 9.34. The van der Waals surface area contributed by atoms with E-state index in [0.717, 1.165) is 17.5 Å². The lowest BCUT2D eigenvalue weighted by Crippen LogP contribution is -2.26. The van der Waals surface area contributed by atoms with E-state index in [2.05, 4.69) is 5.32 Å². The SMILES string of the molecule is Cc1ccc(C(=O)NCCCN)cc1C. The Hall–Kier alpha value is -1.35. The molecule has 0 aliphatic rings. The van der Waals surface area contributed by atoms with Gasteiger partial charge in [-0.25, -0.2) is 0 Å². The molecule has 0 aliphatic carbocycles. The van der Waals surface area contributed by atoms with Crippen LogP contribution >= 0.6 is 0 Å². The molecule has 1 aromatic rings. The van der Waals surface area contributed by atoms with Gasteiger partial charge in [-0.3, -0.25) is 4.79 Å². The van der Waals surface area contributed by atoms with E-state index in [-0.39, 0.29) is 5.91 Å². The molecule has 0 fully saturated rings. The van der Waals surface area contributed by atoms with Crippen molar-refractivity contribution in [3.8, 4) is 0 Å². The third-order valence-electron chi connectivity index (χ3n) is 2.44. The van der Waals surface area contributed by atoms with Crippen LogP contribution < -0.4 is 11.1 Å². The highest BCUT2D eigenvalue weighted by atomic mass is 16.1. The minimum Gasteiger partial charge on any atom is -0.352 e. The van der Waals surface area contributed by atoms with Crippen molar-refractivity contribution in [2.24, 2.45) is 5.73 Å². The molecule has 0 aromatic heterocycles. The molecule has 0 unspecified atom stereocenters. The van der Waals surface area contributed by atoms with Gasteiger partial charge in [-0.2, -0.15) is 0 Å². The minimum atomic E-state index is -0.0217. The first-order valence-electron chi connectivity index (χ1n) is 5.20. The third-order valence-corrected chi connectivity index (χ3v) is 2.44. The van der Waals surface area contributed by atoms with Crippen molar-refractivity contribution in [2.75, 3.05) is 13.1 Å². The molecule has 0 bridgehead atoms. The van der Waals surface area contributed by atoms with Crippen LogP contribution in [0.15, 0.2) is 18.2 Å². The molecule has 0 saturated carbocycles. The zero-order chi connectivity index (χ0) is 11.3. The maximum atomic E-state index is 11.6. The van der Waals surface area contributed by atoms with Crippen molar-refractivity contribution >= 4 is 5.91 Å². The summed E-state index contributed by atoms with van der Waals surface area (Å²) in [5, 5.41) is 2.83. The standard InChI is InChI=1S/C12H18N2O/c1-9-4-5-11(8-10(9)2)12(15)14-7-3-6-13/h4-5,8H,3,6-7,13H2,1-2H3,(H,14,15). The number of benzene rings is 1. The van der Waals surface area contributed by atoms with Crippen LogP contribution in [-0.4, -0.2) is 19.0 Å². The molecule has 3 nitrogen and oxygen atoms in total. The summed E-state index contributed by atoms with van der Waals surface area (Å²) < 4.78 is 0. The molecule has 0 aliphatic heterocycles. The molecule has 0 heterocycles. The number of carbonyl (C=O) groups is 1. The monoisotopic (exact) mass is 206 g/mol. The number of rotatable bonds is 4. The first kappa shape index (κ1) is 11.7. The van der Waals surface area contributed by atoms with Gasteiger partial charge in [0.05, 0.1) is 0 Å². The molecule has 1 aromatic carbocycles. The lowest BCUT2D eigenvalue weighted by atomic mass is 10.1. The fraction of sp³-hybridized carbons (Fsp3) is 0.417. The number of amides is 1. The van der Waals surface area contributed by atoms with Crippen molar-refractivity contribution in [1.82, 2.24) is 5.32 Å². The Balaban J connectivity index is 2.62. The molecule has 0 saturated heterocycles. The van der Waals surface area contributed by atoms with Crippen molar-refractivity contribution in [3.05, 3.63) is 34.9 Å². The van der Waals surface area contributed by atoms with Crippen molar-refractivity contribution in [1.29, 1.82) is 0 Å². The summed E-state index contributed by atoms with van der Waals surface area (Å²) in [5.41, 5.74) is 8.41. The van der Waals surface area contributed by atoms with Gasteiger partial charge in [-0.1, -0.05) is 6.07 Å². The highest BCUT2D eigenvalue weighted by molar-refractivity contribution is 5.94. The van der Waals surface area contributed by atoms with Gasteiger partial charge in [0, 0.05) is 12.1 Å². The molecule has 0 spiro atoms. The molecule has 1 rings (SSSR count). The number of hydrogen-bond donors (Lipinski definition) is 2. The van der Waals surface area contributed by atoms with E-state index in [1.807, 2.05) is 32.0 Å². The van der Waals surface area contributed by atoms with Gasteiger partial charge in [-0.05, 0) is 50.1 Å². The van der Waals surface area contributed by atoms with Crippen LogP contribution in [0.2, 0.25) is 0 Å². The van der Waals surface area contributed by atoms with Crippen molar-refractivity contribution in [3.63, 3.8) is 0 Å². The molecule has 0 atom stereocenters. The van der Waals surface area contributed by atoms with Gasteiger partial charge in [0.15, 0.2) is 0 Å². The van der Waals surface area contributed by atoms with Crippen LogP contribution in [0, 0.1) is 13.8 Å². The Bertz CT molecular complexity index is 347. The second kappa shape index (κ2) is 5.51. The first-order chi connectivity index (χ1) is 7.15. The summed E-state index contributed by atoms with van der Waals surface area (Å²) in [7, 11) is 0. The summed E-state index contributed by atoms with van der Waals surface area (Å²) in [6, 6.07) is 5.72. The van der Waals surface area contributed by atoms with Crippen molar-refractivity contribution < 1.29 is 4.79 Å². The Morgan fingerprint density at radius 1 is 1.33 bits per heavy atom. The first-order valence-corrected chi connectivity index (χ1v) is 5.20. The molecule has 1 amide bonds. The Morgan fingerprint density at radius 3 is 2.67 bits per heavy atom. The van der Waals surface area contributed by atoms with E-state index in [0.29, 0.717) is 13.1 Å². The van der Waals surface area contributed by atoms with E-state index in [9.17, 15) is 4.79 Å². The number of carbonyl (C=O) groups excluding carboxylic acids is 1. The zero-order valence-electron chi connectivity index (χ0n) is 9.34. The Labute approximate surface area is 90.7 Å². The lowest BCUT2D eigenvalue weighted by Gasteiger charge is -2.06. The largest absolute Gasteiger partial charge is 0.352 e. The maximum absolute atomic E-state index is 11.6. The highest BCUT2D eigenvalue weighted by Gasteiger charge is 2.04. The fourth-order valence-electron chi connectivity index (χ4n) is 1.29. The van der Waals surface area contributed by atoms with E-state index in [1.54, 1.807) is 0 Å². The van der Waals surface area contributed by atoms with E-state index >= 15 is 0 Å². The van der Waals surface area contributed by atoms with Crippen molar-refractivity contribution in [2.45, 2.75) is 20.3 Å². The normalized spacial score (nSPS) is 10.1. The van der Waals surface area contributed by atoms with E-state index in [1.165, 1.54) is 5.56 Å². The summed E-state index contributed by atoms with van der Waals surface area (Å²) in [4.78, 5) is 11.6. The predicted octanol–water partition coefficient (Wildman–Crippen LogP) is 1.38. The topological polar surface area (TPSA) is 55.1 Å². The molecular formula is C12H18N2O. The molecule has 15 heavy (non-hydrogen) atoms. The van der Waals surface area contributed by atoms with E-state index < -0.39 is 0 Å². The predicted molar refractivity (Wildman–Crippen MR) is 61.9 cm³/mol. The van der Waals surface area contributed by atoms with Gasteiger partial charge >= 0.3 is 0 Å². The maximum Gasteiger partial charge on any atom is 0.251 e. The number of hydrogen-bond acceptors (Lipinski definition) is 2. The number of nitrogens with two attached hydrogens (primary N) is 1. The molecule has 82 valence electrons. The average Bonchev–Trinajstić information content (AvgIpc) is 2.22. The molecule has 0 radical (unpaired) electrons. The van der Waals surface area contributed by atoms with Crippen LogP contribution in [0.25, 0.3) is 0 Å². The average molecular weight is 206 g/mol. The lowest BCUT2D eigenvalue weighted by molar-refractivity contribution is 0.0953. The Morgan fingerprint density at radius 2 is 2.07 bits per heavy atom. The third kappa shape index (κ3) is 3.36. The van der Waals surface area contributed by atoms with Gasteiger partial charge < -0.3 is 11.1 Å². The smallest absolute Gasteiger partial charge is 0.251 e. The van der Waals surface area contributed by atoms with Crippen LogP contribution in [0.1, 0.15) is 27.9 Å². The fourth-order valence-corrected chi connectivity index (χ4v) is 1.29. The summed E-state index contributed by atoms with van der Waals surface area (Å²) in [5.74, 6) is -0.0217. The van der Waals surface area contributed by atoms with Gasteiger partial charge in [0.1, 0.15) is 0 Å². The second-order valence-corrected chi connectivity index (χ2v) is 3.70. The Kier molecular flexibility index (Phi) is 4.31. The van der Waals surface area contributed by atoms with Gasteiger partial charge in [-0.15, -0.1) is 0 Å².